The summed E-state index contributed by atoms with van der Waals surface area (Å²) < 4.78 is -1.68. The molecule has 0 aromatic rings. The molecule has 0 bridgehead atoms. The van der Waals surface area contributed by atoms with Crippen LogP contribution in [0.25, 0.3) is 0 Å². The van der Waals surface area contributed by atoms with Crippen molar-refractivity contribution in [2.24, 2.45) is 5.16 Å². The second-order valence-corrected chi connectivity index (χ2v) is 4.72. The van der Waals surface area contributed by atoms with Crippen molar-refractivity contribution < 1.29 is 19.2 Å². The van der Waals surface area contributed by atoms with Gasteiger partial charge in [-0.1, -0.05) is 21.1 Å². The molecule has 0 saturated carbocycles. The second-order valence-electron chi connectivity index (χ2n) is 3.53. The van der Waals surface area contributed by atoms with Crippen molar-refractivity contribution in [3.8, 4) is 0 Å². The number of imide groups is 2. The number of alkyl halides is 1. The summed E-state index contributed by atoms with van der Waals surface area (Å²) in [5, 5.41) is 3.58. The van der Waals surface area contributed by atoms with E-state index in [0.717, 1.165) is 9.80 Å². The summed E-state index contributed by atoms with van der Waals surface area (Å²) in [6, 6.07) is -0.680. The number of halogens is 1. The molecular weight excluding hydrogens is 294 g/mol. The van der Waals surface area contributed by atoms with Gasteiger partial charge in [-0.3, -0.25) is 19.4 Å². The lowest BCUT2D eigenvalue weighted by Gasteiger charge is -2.37. The van der Waals surface area contributed by atoms with Gasteiger partial charge in [0.1, 0.15) is 7.11 Å². The summed E-state index contributed by atoms with van der Waals surface area (Å²) in [6.07, 6.45) is 0. The van der Waals surface area contributed by atoms with Crippen LogP contribution < -0.4 is 0 Å². The van der Waals surface area contributed by atoms with Crippen LogP contribution in [0.15, 0.2) is 5.16 Å². The van der Waals surface area contributed by atoms with Crippen molar-refractivity contribution in [3.05, 3.63) is 0 Å². The minimum Gasteiger partial charge on any atom is -0.399 e. The van der Waals surface area contributed by atoms with Crippen molar-refractivity contribution in [2.75, 3.05) is 21.2 Å². The van der Waals surface area contributed by atoms with E-state index in [2.05, 4.69) is 25.9 Å². The maximum absolute atomic E-state index is 12.0. The molecule has 1 saturated heterocycles. The van der Waals surface area contributed by atoms with E-state index in [1.807, 2.05) is 0 Å². The predicted molar refractivity (Wildman–Crippen MR) is 62.7 cm³/mol. The zero-order chi connectivity index (χ0) is 13.4. The van der Waals surface area contributed by atoms with Crippen LogP contribution in [0.4, 0.5) is 4.79 Å². The van der Waals surface area contributed by atoms with Gasteiger partial charge >= 0.3 is 6.03 Å². The largest absolute Gasteiger partial charge is 0.399 e. The third-order valence-electron chi connectivity index (χ3n) is 2.50. The van der Waals surface area contributed by atoms with E-state index in [1.54, 1.807) is 0 Å². The molecule has 1 aliphatic heterocycles. The Hall–Kier alpha value is -1.44. The number of urea groups is 1. The quantitative estimate of drug-likeness (QED) is 0.316. The van der Waals surface area contributed by atoms with E-state index in [4.69, 9.17) is 0 Å². The van der Waals surface area contributed by atoms with Crippen LogP contribution in [0.2, 0.25) is 0 Å². The number of oxime groups is 1. The van der Waals surface area contributed by atoms with Crippen molar-refractivity contribution in [1.82, 2.24) is 9.80 Å². The minimum absolute atomic E-state index is 0.126. The third-order valence-corrected chi connectivity index (χ3v) is 3.75. The molecule has 4 amide bonds. The fraction of sp³-hybridized carbons (Fsp3) is 0.556. The Bertz CT molecular complexity index is 396. The number of carbonyl (C=O) groups is 3. The third kappa shape index (κ3) is 1.82. The lowest BCUT2D eigenvalue weighted by atomic mass is 9.99. The Morgan fingerprint density at radius 3 is 2.00 bits per heavy atom. The van der Waals surface area contributed by atoms with Crippen molar-refractivity contribution >= 4 is 39.5 Å². The smallest absolute Gasteiger partial charge is 0.332 e. The normalized spacial score (nSPS) is 21.0. The van der Waals surface area contributed by atoms with Gasteiger partial charge in [-0.25, -0.2) is 4.79 Å². The van der Waals surface area contributed by atoms with Crippen LogP contribution in [0.5, 0.6) is 0 Å². The summed E-state index contributed by atoms with van der Waals surface area (Å²) in [6.45, 7) is 1.46. The Labute approximate surface area is 106 Å². The molecule has 0 aromatic carbocycles. The molecule has 8 heteroatoms. The van der Waals surface area contributed by atoms with Gasteiger partial charge in [0.2, 0.25) is 4.32 Å². The molecule has 0 atom stereocenters. The molecule has 1 aliphatic rings. The summed E-state index contributed by atoms with van der Waals surface area (Å²) in [4.78, 5) is 41.8. The molecule has 1 rings (SSSR count). The zero-order valence-electron chi connectivity index (χ0n) is 9.85. The molecule has 0 unspecified atom stereocenters. The number of hydrogen-bond acceptors (Lipinski definition) is 5. The second kappa shape index (κ2) is 4.44. The molecule has 1 heterocycles. The molecule has 7 nitrogen and oxygen atoms in total. The topological polar surface area (TPSA) is 79.3 Å². The van der Waals surface area contributed by atoms with Crippen molar-refractivity contribution in [3.63, 3.8) is 0 Å². The first-order valence-electron chi connectivity index (χ1n) is 4.65. The fourth-order valence-electron chi connectivity index (χ4n) is 1.46. The zero-order valence-corrected chi connectivity index (χ0v) is 11.4. The van der Waals surface area contributed by atoms with Crippen molar-refractivity contribution in [1.29, 1.82) is 0 Å². The van der Waals surface area contributed by atoms with Gasteiger partial charge in [0, 0.05) is 14.1 Å². The predicted octanol–water partition coefficient (Wildman–Crippen LogP) is 0.193. The maximum Gasteiger partial charge on any atom is 0.332 e. The fourth-order valence-corrected chi connectivity index (χ4v) is 2.07. The van der Waals surface area contributed by atoms with Crippen LogP contribution in [-0.2, 0) is 14.4 Å². The van der Waals surface area contributed by atoms with E-state index < -0.39 is 22.2 Å². The van der Waals surface area contributed by atoms with Crippen LogP contribution in [0.3, 0.4) is 0 Å². The number of hydrogen-bond donors (Lipinski definition) is 0. The van der Waals surface area contributed by atoms with E-state index in [1.165, 1.54) is 28.1 Å². The monoisotopic (exact) mass is 305 g/mol. The molecule has 94 valence electrons. The molecule has 0 spiro atoms. The summed E-state index contributed by atoms with van der Waals surface area (Å²) in [7, 11) is 3.89. The standard InChI is InChI=1S/C9H12BrN3O4/c1-5(11-17-4)9(10)6(14)12(2)8(16)13(3)7(9)15/h1-4H3/b11-5+. The van der Waals surface area contributed by atoms with Crippen LogP contribution in [0, 0.1) is 0 Å². The molecule has 0 radical (unpaired) electrons. The highest BCUT2D eigenvalue weighted by Gasteiger charge is 2.56. The molecular formula is C9H12BrN3O4. The lowest BCUT2D eigenvalue weighted by molar-refractivity contribution is -0.142. The van der Waals surface area contributed by atoms with Gasteiger partial charge < -0.3 is 4.84 Å². The average molecular weight is 306 g/mol. The Morgan fingerprint density at radius 2 is 1.65 bits per heavy atom. The van der Waals surface area contributed by atoms with Gasteiger partial charge in [0.05, 0.1) is 5.71 Å². The molecule has 17 heavy (non-hydrogen) atoms. The number of nitrogens with zero attached hydrogens (tertiary/aromatic N) is 3. The molecule has 0 aromatic heterocycles. The Kier molecular flexibility index (Phi) is 3.56. The summed E-state index contributed by atoms with van der Waals surface area (Å²) in [5.41, 5.74) is 0.126. The van der Waals surface area contributed by atoms with E-state index >= 15 is 0 Å². The van der Waals surface area contributed by atoms with E-state index in [0.29, 0.717) is 0 Å². The molecule has 0 N–H and O–H groups in total. The van der Waals surface area contributed by atoms with Gasteiger partial charge in [0.25, 0.3) is 11.8 Å². The van der Waals surface area contributed by atoms with Gasteiger partial charge in [-0.2, -0.15) is 0 Å². The van der Waals surface area contributed by atoms with Gasteiger partial charge in [-0.15, -0.1) is 0 Å². The lowest BCUT2D eigenvalue weighted by Crippen LogP contribution is -2.66. The van der Waals surface area contributed by atoms with Crippen LogP contribution >= 0.6 is 15.9 Å². The first-order valence-corrected chi connectivity index (χ1v) is 5.45. The average Bonchev–Trinajstić information content (AvgIpc) is 2.31. The van der Waals surface area contributed by atoms with Crippen LogP contribution in [0.1, 0.15) is 6.92 Å². The maximum atomic E-state index is 12.0. The van der Waals surface area contributed by atoms with E-state index in [-0.39, 0.29) is 5.71 Å². The van der Waals surface area contributed by atoms with Crippen LogP contribution in [-0.4, -0.2) is 58.9 Å². The molecule has 1 fully saturated rings. The number of carbonyl (C=O) groups excluding carboxylic acids is 3. The first kappa shape index (κ1) is 13.6. The highest BCUT2D eigenvalue weighted by molar-refractivity contribution is 9.11. The Morgan fingerprint density at radius 1 is 1.24 bits per heavy atom. The SMILES string of the molecule is CO/N=C(\C)C1(Br)C(=O)N(C)C(=O)N(C)C1=O. The van der Waals surface area contributed by atoms with Crippen molar-refractivity contribution in [2.45, 2.75) is 11.2 Å². The highest BCUT2D eigenvalue weighted by Crippen LogP contribution is 2.30. The van der Waals surface area contributed by atoms with Gasteiger partial charge in [-0.05, 0) is 6.92 Å². The minimum atomic E-state index is -1.68. The number of rotatable bonds is 2. The van der Waals surface area contributed by atoms with Gasteiger partial charge in [0.15, 0.2) is 0 Å². The molecule has 0 aliphatic carbocycles. The number of amides is 4. The highest BCUT2D eigenvalue weighted by atomic mass is 79.9. The number of barbiturate groups is 1. The first-order chi connectivity index (χ1) is 7.78. The summed E-state index contributed by atoms with van der Waals surface area (Å²) >= 11 is 3.06. The van der Waals surface area contributed by atoms with E-state index in [9.17, 15) is 14.4 Å². The summed E-state index contributed by atoms with van der Waals surface area (Å²) in [5.74, 6) is -1.38. The Balaban J connectivity index is 3.31.